The monoisotopic (exact) mass is 330 g/mol. The Labute approximate surface area is 143 Å². The summed E-state index contributed by atoms with van der Waals surface area (Å²) in [6, 6.07) is 3.63. The summed E-state index contributed by atoms with van der Waals surface area (Å²) < 4.78 is 0. The number of carbonyl (C=O) groups is 2. The third-order valence-corrected chi connectivity index (χ3v) is 5.10. The average Bonchev–Trinajstić information content (AvgIpc) is 2.93. The molecule has 2 aliphatic rings. The Balaban J connectivity index is 1.70. The van der Waals surface area contributed by atoms with Crippen LogP contribution in [-0.2, 0) is 11.3 Å². The molecule has 0 unspecified atom stereocenters. The quantitative estimate of drug-likeness (QED) is 0.920. The third-order valence-electron chi connectivity index (χ3n) is 5.10. The predicted molar refractivity (Wildman–Crippen MR) is 91.2 cm³/mol. The second-order valence-corrected chi connectivity index (χ2v) is 6.83. The summed E-state index contributed by atoms with van der Waals surface area (Å²) in [7, 11) is 1.78. The van der Waals surface area contributed by atoms with E-state index in [4.69, 9.17) is 0 Å². The van der Waals surface area contributed by atoms with Gasteiger partial charge in [0.15, 0.2) is 0 Å². The lowest BCUT2D eigenvalue weighted by Gasteiger charge is -2.35. The van der Waals surface area contributed by atoms with Gasteiger partial charge in [0, 0.05) is 38.6 Å². The molecule has 1 aliphatic carbocycles. The molecular formula is C18H26N4O2. The van der Waals surface area contributed by atoms with Crippen LogP contribution >= 0.6 is 0 Å². The van der Waals surface area contributed by atoms with Gasteiger partial charge in [-0.25, -0.2) is 4.79 Å². The van der Waals surface area contributed by atoms with Crippen LogP contribution in [0.4, 0.5) is 4.79 Å². The van der Waals surface area contributed by atoms with E-state index >= 15 is 0 Å². The van der Waals surface area contributed by atoms with Crippen molar-refractivity contribution in [3.63, 3.8) is 0 Å². The zero-order chi connectivity index (χ0) is 16.9. The smallest absolute Gasteiger partial charge is 0.318 e. The Hall–Kier alpha value is -2.11. The van der Waals surface area contributed by atoms with E-state index in [-0.39, 0.29) is 24.0 Å². The van der Waals surface area contributed by atoms with Crippen molar-refractivity contribution in [2.45, 2.75) is 57.2 Å². The number of amides is 3. The van der Waals surface area contributed by atoms with Crippen molar-refractivity contribution >= 4 is 11.9 Å². The van der Waals surface area contributed by atoms with Gasteiger partial charge in [0.05, 0.1) is 0 Å². The molecule has 3 rings (SSSR count). The highest BCUT2D eigenvalue weighted by atomic mass is 16.2. The second kappa shape index (κ2) is 7.64. The topological polar surface area (TPSA) is 65.5 Å². The molecule has 0 radical (unpaired) electrons. The van der Waals surface area contributed by atoms with Crippen LogP contribution in [0.15, 0.2) is 24.5 Å². The molecule has 2 heterocycles. The lowest BCUT2D eigenvalue weighted by atomic mass is 9.94. The Bertz CT molecular complexity index is 572. The number of carbonyl (C=O) groups excluding carboxylic acids is 2. The molecule has 0 aromatic carbocycles. The Morgan fingerprint density at radius 2 is 1.96 bits per heavy atom. The summed E-state index contributed by atoms with van der Waals surface area (Å²) in [5, 5.41) is 2.96. The fourth-order valence-corrected chi connectivity index (χ4v) is 3.63. The van der Waals surface area contributed by atoms with Gasteiger partial charge in [-0.05, 0) is 37.0 Å². The van der Waals surface area contributed by atoms with Crippen molar-refractivity contribution < 1.29 is 9.59 Å². The van der Waals surface area contributed by atoms with Gasteiger partial charge in [-0.3, -0.25) is 9.78 Å². The van der Waals surface area contributed by atoms with E-state index in [0.717, 1.165) is 31.2 Å². The van der Waals surface area contributed by atoms with Crippen molar-refractivity contribution in [2.75, 3.05) is 13.6 Å². The average molecular weight is 330 g/mol. The highest BCUT2D eigenvalue weighted by molar-refractivity contribution is 5.88. The molecule has 2 fully saturated rings. The van der Waals surface area contributed by atoms with Crippen LogP contribution in [0.25, 0.3) is 0 Å². The van der Waals surface area contributed by atoms with E-state index in [1.807, 2.05) is 17.0 Å². The minimum atomic E-state index is -0.383. The second-order valence-electron chi connectivity index (χ2n) is 6.83. The largest absolute Gasteiger partial charge is 0.344 e. The van der Waals surface area contributed by atoms with Crippen molar-refractivity contribution in [3.05, 3.63) is 30.1 Å². The number of hydrogen-bond acceptors (Lipinski definition) is 3. The summed E-state index contributed by atoms with van der Waals surface area (Å²) in [5.41, 5.74) is 1.07. The molecule has 6 nitrogen and oxygen atoms in total. The van der Waals surface area contributed by atoms with Crippen LogP contribution in [-0.4, -0.2) is 52.4 Å². The molecule has 24 heavy (non-hydrogen) atoms. The molecular weight excluding hydrogens is 304 g/mol. The summed E-state index contributed by atoms with van der Waals surface area (Å²) in [4.78, 5) is 32.6. The van der Waals surface area contributed by atoms with Gasteiger partial charge in [-0.1, -0.05) is 19.3 Å². The number of aromatic nitrogens is 1. The summed E-state index contributed by atoms with van der Waals surface area (Å²) in [6.07, 6.45) is 9.84. The molecule has 1 saturated carbocycles. The molecule has 130 valence electrons. The number of likely N-dealkylation sites (N-methyl/N-ethyl adjacent to an activating group) is 1. The first-order valence-corrected chi connectivity index (χ1v) is 8.86. The maximum absolute atomic E-state index is 12.9. The first kappa shape index (κ1) is 16.7. The first-order chi connectivity index (χ1) is 11.6. The maximum atomic E-state index is 12.9. The molecule has 6 heteroatoms. The zero-order valence-electron chi connectivity index (χ0n) is 14.3. The summed E-state index contributed by atoms with van der Waals surface area (Å²) >= 11 is 0. The molecule has 0 bridgehead atoms. The minimum Gasteiger partial charge on any atom is -0.344 e. The summed E-state index contributed by atoms with van der Waals surface area (Å²) in [5.74, 6) is 0.0101. The minimum absolute atomic E-state index is 0.0101. The molecule has 1 aromatic heterocycles. The molecule has 1 aliphatic heterocycles. The van der Waals surface area contributed by atoms with Crippen molar-refractivity contribution in [2.24, 2.45) is 0 Å². The fourth-order valence-electron chi connectivity index (χ4n) is 3.63. The number of likely N-dealkylation sites (tertiary alicyclic amines) is 1. The van der Waals surface area contributed by atoms with Gasteiger partial charge in [0.2, 0.25) is 5.91 Å². The van der Waals surface area contributed by atoms with Gasteiger partial charge in [0.25, 0.3) is 0 Å². The van der Waals surface area contributed by atoms with Gasteiger partial charge in [0.1, 0.15) is 6.04 Å². The van der Waals surface area contributed by atoms with E-state index in [1.54, 1.807) is 24.3 Å². The van der Waals surface area contributed by atoms with Gasteiger partial charge >= 0.3 is 6.03 Å². The van der Waals surface area contributed by atoms with E-state index in [1.165, 1.54) is 6.42 Å². The Morgan fingerprint density at radius 3 is 2.58 bits per heavy atom. The zero-order valence-corrected chi connectivity index (χ0v) is 14.3. The van der Waals surface area contributed by atoms with E-state index < -0.39 is 0 Å². The lowest BCUT2D eigenvalue weighted by molar-refractivity contribution is -0.128. The van der Waals surface area contributed by atoms with Crippen molar-refractivity contribution in [3.8, 4) is 0 Å². The van der Waals surface area contributed by atoms with Crippen LogP contribution in [0.5, 0.6) is 0 Å². The SMILES string of the molecule is CN1CC[C@H](NC(=O)N(Cc2ccncc2)C2CCCCC2)C1=O. The number of pyridine rings is 1. The first-order valence-electron chi connectivity index (χ1n) is 8.86. The molecule has 3 amide bonds. The maximum Gasteiger partial charge on any atom is 0.318 e. The molecule has 1 N–H and O–H groups in total. The Morgan fingerprint density at radius 1 is 1.25 bits per heavy atom. The van der Waals surface area contributed by atoms with E-state index in [0.29, 0.717) is 19.5 Å². The highest BCUT2D eigenvalue weighted by Gasteiger charge is 2.33. The predicted octanol–water partition coefficient (Wildman–Crippen LogP) is 2.16. The van der Waals surface area contributed by atoms with Crippen LogP contribution < -0.4 is 5.32 Å². The molecule has 1 atom stereocenters. The molecule has 1 aromatic rings. The normalized spacial score (nSPS) is 21.8. The standard InChI is InChI=1S/C18H26N4O2/c1-21-12-9-16(17(21)23)20-18(24)22(15-5-3-2-4-6-15)13-14-7-10-19-11-8-14/h7-8,10-11,15-16H,2-6,9,12-13H2,1H3,(H,20,24)/t16-/m0/s1. The number of nitrogens with one attached hydrogen (secondary N) is 1. The van der Waals surface area contributed by atoms with Crippen LogP contribution in [0, 0.1) is 0 Å². The van der Waals surface area contributed by atoms with Crippen molar-refractivity contribution in [1.82, 2.24) is 20.1 Å². The van der Waals surface area contributed by atoms with E-state index in [2.05, 4.69) is 10.3 Å². The van der Waals surface area contributed by atoms with Gasteiger partial charge < -0.3 is 15.1 Å². The van der Waals surface area contributed by atoms with Gasteiger partial charge in [-0.15, -0.1) is 0 Å². The van der Waals surface area contributed by atoms with E-state index in [9.17, 15) is 9.59 Å². The van der Waals surface area contributed by atoms with Crippen LogP contribution in [0.2, 0.25) is 0 Å². The number of urea groups is 1. The molecule has 1 saturated heterocycles. The number of hydrogen-bond donors (Lipinski definition) is 1. The molecule has 0 spiro atoms. The van der Waals surface area contributed by atoms with Gasteiger partial charge in [-0.2, -0.15) is 0 Å². The summed E-state index contributed by atoms with van der Waals surface area (Å²) in [6.45, 7) is 1.27. The fraction of sp³-hybridized carbons (Fsp3) is 0.611. The van der Waals surface area contributed by atoms with Crippen LogP contribution in [0.1, 0.15) is 44.1 Å². The third kappa shape index (κ3) is 3.86. The number of nitrogens with zero attached hydrogens (tertiary/aromatic N) is 3. The highest BCUT2D eigenvalue weighted by Crippen LogP contribution is 2.24. The van der Waals surface area contributed by atoms with Crippen LogP contribution in [0.3, 0.4) is 0 Å². The lowest BCUT2D eigenvalue weighted by Crippen LogP contribution is -2.51. The number of rotatable bonds is 4. The van der Waals surface area contributed by atoms with Crippen molar-refractivity contribution in [1.29, 1.82) is 0 Å². The Kier molecular flexibility index (Phi) is 5.33.